The number of carboxylic acids is 1. The number of aryl methyl sites for hydroxylation is 1. The van der Waals surface area contributed by atoms with E-state index in [9.17, 15) is 9.90 Å². The normalized spacial score (nSPS) is 24.4. The van der Waals surface area contributed by atoms with Gasteiger partial charge in [0.15, 0.2) is 0 Å². The van der Waals surface area contributed by atoms with E-state index in [1.807, 2.05) is 45.0 Å². The lowest BCUT2D eigenvalue weighted by Crippen LogP contribution is -2.03. The smallest absolute Gasteiger partial charge is 0.307 e. The van der Waals surface area contributed by atoms with Crippen LogP contribution in [0, 0.1) is 18.3 Å². The minimum atomic E-state index is -0.697. The quantitative estimate of drug-likeness (QED) is 0.895. The molecule has 1 N–H and O–H groups in total. The number of nitrogens with zero attached hydrogens (tertiary/aromatic N) is 1. The Morgan fingerprint density at radius 1 is 1.26 bits per heavy atom. The molecule has 3 nitrogen and oxygen atoms in total. The highest BCUT2D eigenvalue weighted by atomic mass is 16.4. The number of hydrogen-bond acceptors (Lipinski definition) is 2. The molecular weight excluding hydrogens is 238 g/mol. The van der Waals surface area contributed by atoms with Crippen molar-refractivity contribution < 1.29 is 9.90 Å². The lowest BCUT2D eigenvalue weighted by atomic mass is 10.0. The Balaban J connectivity index is 2.03. The fraction of sp³-hybridized carbons (Fsp3) is 0.375. The third kappa shape index (κ3) is 1.81. The van der Waals surface area contributed by atoms with E-state index >= 15 is 0 Å². The molecule has 2 unspecified atom stereocenters. The molecule has 1 saturated carbocycles. The average molecular weight is 255 g/mol. The molecule has 0 amide bonds. The molecule has 1 aromatic carbocycles. The predicted molar refractivity (Wildman–Crippen MR) is 74.1 cm³/mol. The minimum Gasteiger partial charge on any atom is -0.481 e. The van der Waals surface area contributed by atoms with Crippen molar-refractivity contribution in [3.05, 3.63) is 41.6 Å². The van der Waals surface area contributed by atoms with Crippen molar-refractivity contribution in [1.29, 1.82) is 0 Å². The van der Waals surface area contributed by atoms with Gasteiger partial charge in [-0.25, -0.2) is 0 Å². The largest absolute Gasteiger partial charge is 0.481 e. The maximum Gasteiger partial charge on any atom is 0.307 e. The van der Waals surface area contributed by atoms with Gasteiger partial charge in [-0.05, 0) is 36.1 Å². The summed E-state index contributed by atoms with van der Waals surface area (Å²) in [4.78, 5) is 15.7. The van der Waals surface area contributed by atoms with Crippen LogP contribution in [-0.2, 0) is 4.79 Å². The number of pyridine rings is 1. The molecule has 0 aliphatic heterocycles. The summed E-state index contributed by atoms with van der Waals surface area (Å²) in [7, 11) is 0. The van der Waals surface area contributed by atoms with E-state index in [0.29, 0.717) is 0 Å². The molecule has 2 aromatic rings. The summed E-state index contributed by atoms with van der Waals surface area (Å²) in [6, 6.07) is 10.1. The summed E-state index contributed by atoms with van der Waals surface area (Å²) in [6.07, 6.45) is 0. The van der Waals surface area contributed by atoms with Crippen molar-refractivity contribution in [2.75, 3.05) is 0 Å². The summed E-state index contributed by atoms with van der Waals surface area (Å²) in [5.74, 6) is -0.865. The molecule has 98 valence electrons. The second-order valence-electron chi connectivity index (χ2n) is 6.02. The summed E-state index contributed by atoms with van der Waals surface area (Å²) >= 11 is 0. The summed E-state index contributed by atoms with van der Waals surface area (Å²) < 4.78 is 0. The molecule has 0 spiro atoms. The van der Waals surface area contributed by atoms with E-state index in [1.165, 1.54) is 0 Å². The molecule has 0 saturated heterocycles. The van der Waals surface area contributed by atoms with Gasteiger partial charge in [-0.2, -0.15) is 0 Å². The van der Waals surface area contributed by atoms with Crippen LogP contribution in [0.3, 0.4) is 0 Å². The van der Waals surface area contributed by atoms with E-state index < -0.39 is 5.97 Å². The SMILES string of the molecule is Cc1ccc2cc(C3C(C(=O)O)C3(C)C)ccc2n1. The summed E-state index contributed by atoms with van der Waals surface area (Å²) in [5, 5.41) is 10.3. The van der Waals surface area contributed by atoms with E-state index in [4.69, 9.17) is 0 Å². The molecule has 1 heterocycles. The third-order valence-electron chi connectivity index (χ3n) is 4.31. The van der Waals surface area contributed by atoms with Gasteiger partial charge >= 0.3 is 5.97 Å². The van der Waals surface area contributed by atoms with Crippen molar-refractivity contribution in [3.63, 3.8) is 0 Å². The van der Waals surface area contributed by atoms with Gasteiger partial charge in [0.25, 0.3) is 0 Å². The minimum absolute atomic E-state index is 0.107. The summed E-state index contributed by atoms with van der Waals surface area (Å²) in [6.45, 7) is 6.01. The molecule has 3 rings (SSSR count). The Bertz CT molecular complexity index is 676. The fourth-order valence-corrected chi connectivity index (χ4v) is 3.16. The van der Waals surface area contributed by atoms with Crippen molar-refractivity contribution in [1.82, 2.24) is 4.98 Å². The first kappa shape index (κ1) is 12.2. The van der Waals surface area contributed by atoms with Crippen LogP contribution in [-0.4, -0.2) is 16.1 Å². The Morgan fingerprint density at radius 2 is 2.00 bits per heavy atom. The summed E-state index contributed by atoms with van der Waals surface area (Å²) in [5.41, 5.74) is 2.91. The van der Waals surface area contributed by atoms with Gasteiger partial charge in [-0.1, -0.05) is 26.0 Å². The Labute approximate surface area is 112 Å². The number of rotatable bonds is 2. The number of aliphatic carboxylic acids is 1. The van der Waals surface area contributed by atoms with Gasteiger partial charge in [0.05, 0.1) is 11.4 Å². The number of benzene rings is 1. The number of carbonyl (C=O) groups is 1. The van der Waals surface area contributed by atoms with Crippen molar-refractivity contribution in [2.45, 2.75) is 26.7 Å². The van der Waals surface area contributed by atoms with E-state index in [0.717, 1.165) is 22.2 Å². The standard InChI is InChI=1S/C16H17NO2/c1-9-4-5-10-8-11(6-7-12(10)17-9)13-14(15(18)19)16(13,2)3/h4-8,13-14H,1-3H3,(H,18,19). The van der Waals surface area contributed by atoms with Crippen LogP contribution < -0.4 is 0 Å². The van der Waals surface area contributed by atoms with Crippen molar-refractivity contribution in [3.8, 4) is 0 Å². The molecule has 19 heavy (non-hydrogen) atoms. The average Bonchev–Trinajstić information content (AvgIpc) is 2.92. The van der Waals surface area contributed by atoms with Gasteiger partial charge in [-0.15, -0.1) is 0 Å². The number of aromatic nitrogens is 1. The number of hydrogen-bond donors (Lipinski definition) is 1. The van der Waals surface area contributed by atoms with E-state index in [-0.39, 0.29) is 17.3 Å². The van der Waals surface area contributed by atoms with Gasteiger partial charge in [-0.3, -0.25) is 9.78 Å². The van der Waals surface area contributed by atoms with Gasteiger partial charge in [0.2, 0.25) is 0 Å². The monoisotopic (exact) mass is 255 g/mol. The first-order valence-corrected chi connectivity index (χ1v) is 6.51. The second-order valence-corrected chi connectivity index (χ2v) is 6.02. The highest BCUT2D eigenvalue weighted by Gasteiger charge is 2.62. The maximum absolute atomic E-state index is 11.3. The molecule has 2 atom stereocenters. The molecule has 1 aliphatic carbocycles. The molecular formula is C16H17NO2. The van der Waals surface area contributed by atoms with Crippen LogP contribution in [0.5, 0.6) is 0 Å². The Kier molecular flexibility index (Phi) is 2.43. The van der Waals surface area contributed by atoms with Gasteiger partial charge < -0.3 is 5.11 Å². The van der Waals surface area contributed by atoms with E-state index in [1.54, 1.807) is 0 Å². The first-order chi connectivity index (χ1) is 8.91. The van der Waals surface area contributed by atoms with Gasteiger partial charge in [0.1, 0.15) is 0 Å². The zero-order valence-electron chi connectivity index (χ0n) is 11.3. The predicted octanol–water partition coefficient (Wildman–Crippen LogP) is 3.37. The fourth-order valence-electron chi connectivity index (χ4n) is 3.16. The highest BCUT2D eigenvalue weighted by molar-refractivity contribution is 5.82. The van der Waals surface area contributed by atoms with Crippen LogP contribution in [0.2, 0.25) is 0 Å². The second kappa shape index (κ2) is 3.80. The highest BCUT2D eigenvalue weighted by Crippen LogP contribution is 2.64. The van der Waals surface area contributed by atoms with Gasteiger partial charge in [0, 0.05) is 17.0 Å². The van der Waals surface area contributed by atoms with E-state index in [2.05, 4.69) is 11.1 Å². The Hall–Kier alpha value is -1.90. The lowest BCUT2D eigenvalue weighted by Gasteiger charge is -2.05. The molecule has 3 heteroatoms. The molecule has 1 aliphatic rings. The molecule has 0 bridgehead atoms. The third-order valence-corrected chi connectivity index (χ3v) is 4.31. The first-order valence-electron chi connectivity index (χ1n) is 6.51. The maximum atomic E-state index is 11.3. The zero-order valence-corrected chi connectivity index (χ0v) is 11.3. The van der Waals surface area contributed by atoms with Crippen LogP contribution in [0.1, 0.15) is 31.0 Å². The molecule has 1 fully saturated rings. The lowest BCUT2D eigenvalue weighted by molar-refractivity contribution is -0.139. The zero-order chi connectivity index (χ0) is 13.8. The molecule has 1 aromatic heterocycles. The van der Waals surface area contributed by atoms with Crippen molar-refractivity contribution >= 4 is 16.9 Å². The number of carboxylic acid groups (broad SMARTS) is 1. The van der Waals surface area contributed by atoms with Crippen molar-refractivity contribution in [2.24, 2.45) is 11.3 Å². The number of fused-ring (bicyclic) bond motifs is 1. The Morgan fingerprint density at radius 3 is 2.63 bits per heavy atom. The van der Waals surface area contributed by atoms with Crippen LogP contribution in [0.25, 0.3) is 10.9 Å². The molecule has 0 radical (unpaired) electrons. The topological polar surface area (TPSA) is 50.2 Å². The van der Waals surface area contributed by atoms with Crippen LogP contribution >= 0.6 is 0 Å². The van der Waals surface area contributed by atoms with Crippen LogP contribution in [0.15, 0.2) is 30.3 Å². The van der Waals surface area contributed by atoms with Crippen LogP contribution in [0.4, 0.5) is 0 Å².